The van der Waals surface area contributed by atoms with E-state index in [1.165, 1.54) is 6.20 Å². The molecule has 0 atom stereocenters. The summed E-state index contributed by atoms with van der Waals surface area (Å²) in [5, 5.41) is 8.91. The predicted octanol–water partition coefficient (Wildman–Crippen LogP) is 2.07. The van der Waals surface area contributed by atoms with Crippen LogP contribution in [0.1, 0.15) is 21.6 Å². The second-order valence-corrected chi connectivity index (χ2v) is 3.96. The van der Waals surface area contributed by atoms with Crippen molar-refractivity contribution in [2.45, 2.75) is 13.5 Å². The first kappa shape index (κ1) is 13.1. The van der Waals surface area contributed by atoms with Gasteiger partial charge in [0.1, 0.15) is 0 Å². The highest BCUT2D eigenvalue weighted by Gasteiger charge is 2.15. The second-order valence-electron chi connectivity index (χ2n) is 3.96. The third kappa shape index (κ3) is 2.75. The van der Waals surface area contributed by atoms with Gasteiger partial charge in [-0.2, -0.15) is 5.10 Å². The number of aromatic amines is 1. The van der Waals surface area contributed by atoms with E-state index >= 15 is 0 Å². The first-order chi connectivity index (χ1) is 8.99. The Morgan fingerprint density at radius 3 is 2.47 bits per heavy atom. The monoisotopic (exact) mass is 269 g/mol. The zero-order chi connectivity index (χ0) is 14.0. The van der Waals surface area contributed by atoms with Crippen molar-refractivity contribution in [1.82, 2.24) is 15.5 Å². The van der Waals surface area contributed by atoms with Gasteiger partial charge in [0.25, 0.3) is 5.91 Å². The van der Waals surface area contributed by atoms with Crippen LogP contribution in [0.3, 0.4) is 0 Å². The number of carbonyl (C=O) groups excluding carboxylic acids is 1. The Kier molecular flexibility index (Phi) is 3.55. The number of hydrogen-bond acceptors (Lipinski definition) is 2. The Hall–Kier alpha value is -2.31. The van der Waals surface area contributed by atoms with Crippen LogP contribution >= 0.6 is 0 Å². The standard InChI is InChI=1S/C12H10F3N3O/c1-6-8(5-17-18-6)4-16-12(19)7-2-9(13)11(15)10(14)3-7/h2-3,5H,4H2,1H3,(H,16,19)(H,17,18). The third-order valence-corrected chi connectivity index (χ3v) is 2.62. The third-order valence-electron chi connectivity index (χ3n) is 2.62. The SMILES string of the molecule is Cc1[nH]ncc1CNC(=O)c1cc(F)c(F)c(F)c1. The number of aryl methyl sites for hydroxylation is 1. The summed E-state index contributed by atoms with van der Waals surface area (Å²) in [5.74, 6) is -5.09. The van der Waals surface area contributed by atoms with E-state index in [-0.39, 0.29) is 12.1 Å². The van der Waals surface area contributed by atoms with Crippen molar-refractivity contribution >= 4 is 5.91 Å². The molecule has 2 N–H and O–H groups in total. The molecule has 2 rings (SSSR count). The van der Waals surface area contributed by atoms with Gasteiger partial charge < -0.3 is 5.32 Å². The summed E-state index contributed by atoms with van der Waals surface area (Å²) >= 11 is 0. The van der Waals surface area contributed by atoms with Crippen LogP contribution in [0.4, 0.5) is 13.2 Å². The maximum atomic E-state index is 13.0. The normalized spacial score (nSPS) is 10.5. The van der Waals surface area contributed by atoms with Crippen LogP contribution in [-0.2, 0) is 6.54 Å². The van der Waals surface area contributed by atoms with Gasteiger partial charge in [0.2, 0.25) is 0 Å². The summed E-state index contributed by atoms with van der Waals surface area (Å²) in [6, 6.07) is 1.30. The molecule has 2 aromatic rings. The number of nitrogens with one attached hydrogen (secondary N) is 2. The lowest BCUT2D eigenvalue weighted by atomic mass is 10.2. The van der Waals surface area contributed by atoms with E-state index in [1.54, 1.807) is 6.92 Å². The van der Waals surface area contributed by atoms with Crippen LogP contribution in [-0.4, -0.2) is 16.1 Å². The Morgan fingerprint density at radius 2 is 1.95 bits per heavy atom. The number of carbonyl (C=O) groups is 1. The first-order valence-electron chi connectivity index (χ1n) is 5.40. The van der Waals surface area contributed by atoms with Gasteiger partial charge in [0.05, 0.1) is 6.20 Å². The fraction of sp³-hybridized carbons (Fsp3) is 0.167. The van der Waals surface area contributed by atoms with Crippen molar-refractivity contribution in [3.05, 3.63) is 52.6 Å². The molecule has 0 radical (unpaired) electrons. The highest BCUT2D eigenvalue weighted by Crippen LogP contribution is 2.13. The molecule has 0 aliphatic heterocycles. The lowest BCUT2D eigenvalue weighted by Crippen LogP contribution is -2.23. The predicted molar refractivity (Wildman–Crippen MR) is 60.8 cm³/mol. The molecule has 4 nitrogen and oxygen atoms in total. The first-order valence-corrected chi connectivity index (χ1v) is 5.40. The molecule has 1 aromatic carbocycles. The van der Waals surface area contributed by atoms with Gasteiger partial charge in [-0.3, -0.25) is 9.89 Å². The minimum Gasteiger partial charge on any atom is -0.348 e. The van der Waals surface area contributed by atoms with E-state index in [1.807, 2.05) is 0 Å². The number of aromatic nitrogens is 2. The molecular weight excluding hydrogens is 259 g/mol. The van der Waals surface area contributed by atoms with Crippen molar-refractivity contribution in [2.24, 2.45) is 0 Å². The summed E-state index contributed by atoms with van der Waals surface area (Å²) in [4.78, 5) is 11.7. The number of benzene rings is 1. The molecule has 100 valence electrons. The molecule has 0 bridgehead atoms. The van der Waals surface area contributed by atoms with Crippen LogP contribution in [0, 0.1) is 24.4 Å². The molecule has 0 aliphatic rings. The Labute approximate surface area is 106 Å². The van der Waals surface area contributed by atoms with E-state index in [9.17, 15) is 18.0 Å². The molecule has 0 spiro atoms. The van der Waals surface area contributed by atoms with E-state index in [0.717, 1.165) is 11.3 Å². The number of rotatable bonds is 3. The number of halogens is 3. The zero-order valence-electron chi connectivity index (χ0n) is 9.93. The Bertz CT molecular complexity index is 601. The molecule has 1 heterocycles. The van der Waals surface area contributed by atoms with E-state index in [0.29, 0.717) is 12.1 Å². The van der Waals surface area contributed by atoms with E-state index < -0.39 is 23.4 Å². The van der Waals surface area contributed by atoms with Gasteiger partial charge >= 0.3 is 0 Å². The van der Waals surface area contributed by atoms with Crippen molar-refractivity contribution in [1.29, 1.82) is 0 Å². The van der Waals surface area contributed by atoms with Crippen LogP contribution in [0.2, 0.25) is 0 Å². The molecule has 0 fully saturated rings. The van der Waals surface area contributed by atoms with Crippen LogP contribution in [0.15, 0.2) is 18.3 Å². The minimum atomic E-state index is -1.60. The van der Waals surface area contributed by atoms with Crippen molar-refractivity contribution < 1.29 is 18.0 Å². The summed E-state index contributed by atoms with van der Waals surface area (Å²) in [6.07, 6.45) is 1.53. The molecule has 1 aromatic heterocycles. The van der Waals surface area contributed by atoms with Crippen LogP contribution < -0.4 is 5.32 Å². The molecule has 7 heteroatoms. The van der Waals surface area contributed by atoms with Gasteiger partial charge in [-0.15, -0.1) is 0 Å². The highest BCUT2D eigenvalue weighted by atomic mass is 19.2. The summed E-state index contributed by atoms with van der Waals surface area (Å²) in [5.41, 5.74) is 1.24. The average molecular weight is 269 g/mol. The topological polar surface area (TPSA) is 57.8 Å². The van der Waals surface area contributed by atoms with Crippen LogP contribution in [0.5, 0.6) is 0 Å². The number of hydrogen-bond donors (Lipinski definition) is 2. The van der Waals surface area contributed by atoms with Gasteiger partial charge in [0.15, 0.2) is 17.5 Å². The maximum Gasteiger partial charge on any atom is 0.251 e. The molecule has 0 saturated heterocycles. The Balaban J connectivity index is 2.10. The fourth-order valence-corrected chi connectivity index (χ4v) is 1.52. The quantitative estimate of drug-likeness (QED) is 0.838. The van der Waals surface area contributed by atoms with E-state index in [4.69, 9.17) is 0 Å². The number of amides is 1. The van der Waals surface area contributed by atoms with Crippen molar-refractivity contribution in [3.8, 4) is 0 Å². The van der Waals surface area contributed by atoms with Gasteiger partial charge in [-0.1, -0.05) is 0 Å². The second kappa shape index (κ2) is 5.13. The Morgan fingerprint density at radius 1 is 1.32 bits per heavy atom. The molecule has 0 aliphatic carbocycles. The molecule has 0 unspecified atom stereocenters. The summed E-state index contributed by atoms with van der Waals surface area (Å²) in [6.45, 7) is 1.92. The lowest BCUT2D eigenvalue weighted by Gasteiger charge is -2.05. The molecular formula is C12H10F3N3O. The van der Waals surface area contributed by atoms with Crippen molar-refractivity contribution in [2.75, 3.05) is 0 Å². The largest absolute Gasteiger partial charge is 0.348 e. The lowest BCUT2D eigenvalue weighted by molar-refractivity contribution is 0.0949. The van der Waals surface area contributed by atoms with Crippen LogP contribution in [0.25, 0.3) is 0 Å². The smallest absolute Gasteiger partial charge is 0.251 e. The average Bonchev–Trinajstić information content (AvgIpc) is 2.78. The van der Waals surface area contributed by atoms with E-state index in [2.05, 4.69) is 15.5 Å². The molecule has 1 amide bonds. The number of nitrogens with zero attached hydrogens (tertiary/aromatic N) is 1. The van der Waals surface area contributed by atoms with Gasteiger partial charge in [0, 0.05) is 23.4 Å². The summed E-state index contributed by atoms with van der Waals surface area (Å²) in [7, 11) is 0. The number of H-pyrrole nitrogens is 1. The summed E-state index contributed by atoms with van der Waals surface area (Å²) < 4.78 is 38.7. The maximum absolute atomic E-state index is 13.0. The van der Waals surface area contributed by atoms with Crippen molar-refractivity contribution in [3.63, 3.8) is 0 Å². The van der Waals surface area contributed by atoms with Gasteiger partial charge in [-0.05, 0) is 19.1 Å². The zero-order valence-corrected chi connectivity index (χ0v) is 9.93. The highest BCUT2D eigenvalue weighted by molar-refractivity contribution is 5.94. The molecule has 0 saturated carbocycles. The molecule has 19 heavy (non-hydrogen) atoms. The fourth-order valence-electron chi connectivity index (χ4n) is 1.52. The minimum absolute atomic E-state index is 0.155. The van der Waals surface area contributed by atoms with Gasteiger partial charge in [-0.25, -0.2) is 13.2 Å².